The van der Waals surface area contributed by atoms with Crippen LogP contribution in [0, 0.1) is 0 Å². The van der Waals surface area contributed by atoms with Gasteiger partial charge in [-0.25, -0.2) is 9.48 Å². The van der Waals surface area contributed by atoms with E-state index in [2.05, 4.69) is 20.9 Å². The summed E-state index contributed by atoms with van der Waals surface area (Å²) < 4.78 is 1.62. The van der Waals surface area contributed by atoms with E-state index in [4.69, 9.17) is 5.11 Å². The average molecular weight is 253 g/mol. The topological polar surface area (TPSA) is 109 Å². The minimum Gasteiger partial charge on any atom is -0.480 e. The van der Waals surface area contributed by atoms with Crippen molar-refractivity contribution in [2.24, 2.45) is 0 Å². The van der Waals surface area contributed by atoms with Crippen LogP contribution < -0.4 is 10.6 Å². The third-order valence-corrected chi connectivity index (χ3v) is 2.89. The molecule has 0 unspecified atom stereocenters. The smallest absolute Gasteiger partial charge is 0.326 e. The molecule has 1 amide bonds. The van der Waals surface area contributed by atoms with Gasteiger partial charge < -0.3 is 15.7 Å². The maximum absolute atomic E-state index is 11.8. The maximum atomic E-state index is 11.8. The molecule has 1 atom stereocenters. The molecule has 1 aliphatic heterocycles. The van der Waals surface area contributed by atoms with E-state index in [-0.39, 0.29) is 11.7 Å². The molecular formula is C10H15N5O3. The quantitative estimate of drug-likeness (QED) is 0.622. The van der Waals surface area contributed by atoms with Crippen molar-refractivity contribution in [2.75, 3.05) is 13.1 Å². The molecule has 1 saturated heterocycles. The van der Waals surface area contributed by atoms with Gasteiger partial charge in [-0.15, -0.1) is 5.10 Å². The van der Waals surface area contributed by atoms with Crippen LogP contribution in [0.25, 0.3) is 0 Å². The van der Waals surface area contributed by atoms with Gasteiger partial charge in [0.15, 0.2) is 5.69 Å². The Balaban J connectivity index is 1.99. The van der Waals surface area contributed by atoms with Crippen LogP contribution in [0.2, 0.25) is 0 Å². The monoisotopic (exact) mass is 253 g/mol. The Morgan fingerprint density at radius 2 is 2.39 bits per heavy atom. The molecule has 18 heavy (non-hydrogen) atoms. The summed E-state index contributed by atoms with van der Waals surface area (Å²) in [6, 6.07) is -0.673. The largest absolute Gasteiger partial charge is 0.480 e. The van der Waals surface area contributed by atoms with Crippen LogP contribution in [-0.2, 0) is 4.79 Å². The number of aliphatic carboxylic acids is 1. The van der Waals surface area contributed by atoms with E-state index < -0.39 is 17.9 Å². The first-order valence-electron chi connectivity index (χ1n) is 5.78. The van der Waals surface area contributed by atoms with Crippen LogP contribution in [0.3, 0.4) is 0 Å². The molecule has 0 aliphatic carbocycles. The molecule has 2 heterocycles. The Labute approximate surface area is 103 Å². The van der Waals surface area contributed by atoms with Crippen LogP contribution in [0.5, 0.6) is 0 Å². The van der Waals surface area contributed by atoms with Crippen molar-refractivity contribution in [1.29, 1.82) is 0 Å². The van der Waals surface area contributed by atoms with E-state index in [0.717, 1.165) is 13.1 Å². The number of carbonyl (C=O) groups is 2. The number of carbonyl (C=O) groups excluding carboxylic acids is 1. The molecule has 3 N–H and O–H groups in total. The molecular weight excluding hydrogens is 238 g/mol. The predicted octanol–water partition coefficient (Wildman–Crippen LogP) is -0.985. The number of hydrogen-bond donors (Lipinski definition) is 3. The highest BCUT2D eigenvalue weighted by Crippen LogP contribution is 2.09. The Morgan fingerprint density at radius 1 is 1.67 bits per heavy atom. The van der Waals surface area contributed by atoms with Crippen molar-refractivity contribution in [1.82, 2.24) is 25.6 Å². The van der Waals surface area contributed by atoms with Crippen molar-refractivity contribution >= 4 is 11.9 Å². The molecule has 8 nitrogen and oxygen atoms in total. The van der Waals surface area contributed by atoms with Gasteiger partial charge in [0.05, 0.1) is 12.2 Å². The van der Waals surface area contributed by atoms with Crippen LogP contribution in [0.15, 0.2) is 6.20 Å². The normalized spacial score (nSPS) is 16.9. The minimum absolute atomic E-state index is 0.140. The first-order chi connectivity index (χ1) is 8.61. The molecule has 0 radical (unpaired) electrons. The fourth-order valence-electron chi connectivity index (χ4n) is 1.59. The van der Waals surface area contributed by atoms with Gasteiger partial charge in [0.2, 0.25) is 0 Å². The lowest BCUT2D eigenvalue weighted by Crippen LogP contribution is -2.43. The summed E-state index contributed by atoms with van der Waals surface area (Å²) in [6.45, 7) is 3.30. The molecule has 1 fully saturated rings. The van der Waals surface area contributed by atoms with Gasteiger partial charge in [-0.1, -0.05) is 12.1 Å². The number of nitrogens with zero attached hydrogens (tertiary/aromatic N) is 3. The number of carboxylic acids is 1. The predicted molar refractivity (Wildman–Crippen MR) is 61.1 cm³/mol. The minimum atomic E-state index is -1.05. The van der Waals surface area contributed by atoms with Crippen molar-refractivity contribution < 1.29 is 14.7 Å². The zero-order valence-corrected chi connectivity index (χ0v) is 9.96. The highest BCUT2D eigenvalue weighted by Gasteiger charge is 2.23. The fraction of sp³-hybridized carbons (Fsp3) is 0.600. The van der Waals surface area contributed by atoms with Gasteiger partial charge >= 0.3 is 5.97 Å². The Morgan fingerprint density at radius 3 is 2.89 bits per heavy atom. The second kappa shape index (κ2) is 5.13. The van der Waals surface area contributed by atoms with Gasteiger partial charge in [-0.3, -0.25) is 4.79 Å². The van der Waals surface area contributed by atoms with Crippen molar-refractivity contribution in [3.05, 3.63) is 11.9 Å². The highest BCUT2D eigenvalue weighted by molar-refractivity contribution is 5.94. The third kappa shape index (κ3) is 2.48. The molecule has 0 aromatic carbocycles. The first-order valence-corrected chi connectivity index (χ1v) is 5.78. The molecule has 1 aromatic heterocycles. The molecule has 0 bridgehead atoms. The van der Waals surface area contributed by atoms with E-state index >= 15 is 0 Å². The van der Waals surface area contributed by atoms with Crippen LogP contribution in [0.1, 0.15) is 29.9 Å². The number of amides is 1. The van der Waals surface area contributed by atoms with Crippen LogP contribution in [-0.4, -0.2) is 51.1 Å². The van der Waals surface area contributed by atoms with Crippen molar-refractivity contribution in [2.45, 2.75) is 25.4 Å². The molecule has 2 rings (SSSR count). The summed E-state index contributed by atoms with van der Waals surface area (Å²) in [4.78, 5) is 22.6. The van der Waals surface area contributed by atoms with E-state index in [1.54, 1.807) is 11.6 Å². The number of rotatable bonds is 5. The van der Waals surface area contributed by atoms with Gasteiger partial charge in [0, 0.05) is 13.1 Å². The summed E-state index contributed by atoms with van der Waals surface area (Å²) in [6.07, 6.45) is 1.86. The van der Waals surface area contributed by atoms with E-state index in [9.17, 15) is 9.59 Å². The highest BCUT2D eigenvalue weighted by atomic mass is 16.4. The molecule has 1 aliphatic rings. The lowest BCUT2D eigenvalue weighted by Gasteiger charge is -2.26. The van der Waals surface area contributed by atoms with E-state index in [1.807, 2.05) is 0 Å². The van der Waals surface area contributed by atoms with Gasteiger partial charge in [0.25, 0.3) is 5.91 Å². The second-order valence-electron chi connectivity index (χ2n) is 4.17. The van der Waals surface area contributed by atoms with Crippen molar-refractivity contribution in [3.8, 4) is 0 Å². The van der Waals surface area contributed by atoms with Crippen LogP contribution >= 0.6 is 0 Å². The number of aromatic nitrogens is 3. The molecule has 98 valence electrons. The number of nitrogens with one attached hydrogen (secondary N) is 2. The average Bonchev–Trinajstić information content (AvgIpc) is 2.71. The van der Waals surface area contributed by atoms with Gasteiger partial charge in [0.1, 0.15) is 6.04 Å². The summed E-state index contributed by atoms with van der Waals surface area (Å²) in [5.74, 6) is -1.57. The fourth-order valence-corrected chi connectivity index (χ4v) is 1.59. The summed E-state index contributed by atoms with van der Waals surface area (Å²) in [5, 5.41) is 21.9. The zero-order valence-electron chi connectivity index (χ0n) is 9.96. The SMILES string of the molecule is CC[C@@H](NC(=O)c1cn(C2CNC2)nn1)C(=O)O. The zero-order chi connectivity index (χ0) is 13.1. The maximum Gasteiger partial charge on any atom is 0.326 e. The lowest BCUT2D eigenvalue weighted by atomic mass is 10.2. The van der Waals surface area contributed by atoms with Gasteiger partial charge in [-0.2, -0.15) is 0 Å². The Hall–Kier alpha value is -1.96. The van der Waals surface area contributed by atoms with Gasteiger partial charge in [-0.05, 0) is 6.42 Å². The molecule has 1 aromatic rings. The van der Waals surface area contributed by atoms with E-state index in [0.29, 0.717) is 6.42 Å². The first kappa shape index (κ1) is 12.5. The lowest BCUT2D eigenvalue weighted by molar-refractivity contribution is -0.139. The summed E-state index contributed by atoms with van der Waals surface area (Å²) >= 11 is 0. The summed E-state index contributed by atoms with van der Waals surface area (Å²) in [7, 11) is 0. The second-order valence-corrected chi connectivity index (χ2v) is 4.17. The van der Waals surface area contributed by atoms with Crippen LogP contribution in [0.4, 0.5) is 0 Å². The molecule has 0 spiro atoms. The summed E-state index contributed by atoms with van der Waals surface area (Å²) in [5.41, 5.74) is 0.140. The number of carboxylic acid groups (broad SMARTS) is 1. The molecule has 0 saturated carbocycles. The Kier molecular flexibility index (Phi) is 3.56. The third-order valence-electron chi connectivity index (χ3n) is 2.89. The standard InChI is InChI=1S/C10H15N5O3/c1-2-7(10(17)18)12-9(16)8-5-15(14-13-8)6-3-11-4-6/h5-7,11H,2-4H2,1H3,(H,12,16)(H,17,18)/t7-/m1/s1. The van der Waals surface area contributed by atoms with E-state index in [1.165, 1.54) is 6.20 Å². The molecule has 8 heteroatoms. The van der Waals surface area contributed by atoms with Crippen molar-refractivity contribution in [3.63, 3.8) is 0 Å². The number of hydrogen-bond acceptors (Lipinski definition) is 5. The Bertz CT molecular complexity index is 454.